The Bertz CT molecular complexity index is 20.8. The quantitative estimate of drug-likeness (QED) is 0.342. The summed E-state index contributed by atoms with van der Waals surface area (Å²) < 4.78 is 5.02. The Labute approximate surface area is 44.6 Å². The largest absolute Gasteiger partial charge is 0.468 e. The Morgan fingerprint density at radius 3 is 2.67 bits per heavy atom. The monoisotopic (exact) mass is 119 g/mol. The molecule has 0 spiro atoms. The van der Waals surface area contributed by atoms with Crippen LogP contribution >= 0.6 is 0 Å². The lowest BCUT2D eigenvalue weighted by atomic mass is 10.6. The van der Waals surface area contributed by atoms with Gasteiger partial charge in [0.15, 0.2) is 0 Å². The van der Waals surface area contributed by atoms with Crippen LogP contribution in [0.1, 0.15) is 6.42 Å². The second-order valence-corrected chi connectivity index (χ2v) is 4.62. The molecular weight excluding hydrogens is 108 g/mol. The second kappa shape index (κ2) is 5.39. The van der Waals surface area contributed by atoms with E-state index in [-0.39, 0.29) is 9.76 Å². The minimum Gasteiger partial charge on any atom is -0.468 e. The summed E-state index contributed by atoms with van der Waals surface area (Å²) in [7, 11) is 0.858. The van der Waals surface area contributed by atoms with Crippen LogP contribution in [-0.2, 0) is 4.12 Å². The smallest absolute Gasteiger partial charge is 0.145 e. The summed E-state index contributed by atoms with van der Waals surface area (Å²) in [6.45, 7) is 3.69. The molecule has 0 heterocycles. The zero-order valence-electron chi connectivity index (χ0n) is 4.24. The van der Waals surface area contributed by atoms with E-state index >= 15 is 0 Å². The van der Waals surface area contributed by atoms with Gasteiger partial charge < -0.3 is 4.12 Å². The van der Waals surface area contributed by atoms with Gasteiger partial charge in [0.05, 0.1) is 0 Å². The fraction of sp³-hybridized carbons (Fsp3) is 0.667. The molecule has 0 aromatic rings. The molecule has 0 bridgehead atoms. The van der Waals surface area contributed by atoms with Crippen molar-refractivity contribution in [2.24, 2.45) is 0 Å². The molecule has 0 saturated carbocycles. The molecule has 0 fully saturated rings. The van der Waals surface area contributed by atoms with Crippen molar-refractivity contribution < 1.29 is 4.12 Å². The van der Waals surface area contributed by atoms with Crippen molar-refractivity contribution in [2.75, 3.05) is 0 Å². The molecular formula is C3H11OSi2. The molecule has 0 rings (SSSR count). The minimum atomic E-state index is -0.0791. The molecule has 3 heteroatoms. The zero-order valence-corrected chi connectivity index (χ0v) is 7.65. The van der Waals surface area contributed by atoms with Gasteiger partial charge in [0.2, 0.25) is 0 Å². The van der Waals surface area contributed by atoms with Crippen molar-refractivity contribution in [3.8, 4) is 0 Å². The van der Waals surface area contributed by atoms with Crippen LogP contribution in [-0.4, -0.2) is 20.2 Å². The first kappa shape index (κ1) is 6.39. The van der Waals surface area contributed by atoms with E-state index in [1.807, 2.05) is 0 Å². The van der Waals surface area contributed by atoms with Gasteiger partial charge in [0.25, 0.3) is 0 Å². The number of rotatable bonds is 3. The van der Waals surface area contributed by atoms with E-state index in [0.29, 0.717) is 0 Å². The van der Waals surface area contributed by atoms with Gasteiger partial charge in [-0.2, -0.15) is 0 Å². The van der Waals surface area contributed by atoms with Gasteiger partial charge in [-0.1, -0.05) is 13.3 Å². The maximum atomic E-state index is 5.02. The lowest BCUT2D eigenvalue weighted by molar-refractivity contribution is 0.659. The average Bonchev–Trinajstić information content (AvgIpc) is 1.61. The molecule has 1 radical (unpaired) electrons. The molecule has 0 saturated heterocycles. The lowest BCUT2D eigenvalue weighted by Gasteiger charge is -1.88. The minimum absolute atomic E-state index is 0.0791. The Hall–Kier alpha value is 0.394. The van der Waals surface area contributed by atoms with Crippen molar-refractivity contribution in [3.05, 3.63) is 6.92 Å². The first-order valence-electron chi connectivity index (χ1n) is 2.20. The first-order chi connectivity index (χ1) is 2.91. The summed E-state index contributed by atoms with van der Waals surface area (Å²) in [4.78, 5) is 0. The van der Waals surface area contributed by atoms with Crippen molar-refractivity contribution in [3.63, 3.8) is 0 Å². The Morgan fingerprint density at radius 2 is 2.50 bits per heavy atom. The maximum Gasteiger partial charge on any atom is 0.145 e. The molecule has 1 nitrogen and oxygen atoms in total. The van der Waals surface area contributed by atoms with Crippen LogP contribution in [0.15, 0.2) is 0 Å². The van der Waals surface area contributed by atoms with Gasteiger partial charge in [-0.15, -0.1) is 0 Å². The van der Waals surface area contributed by atoms with E-state index < -0.39 is 0 Å². The van der Waals surface area contributed by atoms with Gasteiger partial charge in [0, 0.05) is 0 Å². The third kappa shape index (κ3) is 4.39. The molecule has 6 heavy (non-hydrogen) atoms. The van der Waals surface area contributed by atoms with Crippen molar-refractivity contribution in [1.29, 1.82) is 0 Å². The number of hydrogen-bond acceptors (Lipinski definition) is 1. The molecule has 0 aliphatic carbocycles. The highest BCUT2D eigenvalue weighted by Gasteiger charge is 1.76. The topological polar surface area (TPSA) is 9.23 Å². The van der Waals surface area contributed by atoms with Crippen LogP contribution in [0.25, 0.3) is 0 Å². The predicted octanol–water partition coefficient (Wildman–Crippen LogP) is -0.990. The van der Waals surface area contributed by atoms with Crippen molar-refractivity contribution in [1.82, 2.24) is 0 Å². The summed E-state index contributed by atoms with van der Waals surface area (Å²) in [5.41, 5.74) is 0. The predicted molar refractivity (Wildman–Crippen MR) is 34.3 cm³/mol. The highest BCUT2D eigenvalue weighted by molar-refractivity contribution is 6.34. The van der Waals surface area contributed by atoms with Crippen LogP contribution in [0.3, 0.4) is 0 Å². The molecule has 0 aliphatic rings. The summed E-state index contributed by atoms with van der Waals surface area (Å²) in [6, 6.07) is 1.25. The van der Waals surface area contributed by atoms with Crippen molar-refractivity contribution >= 4 is 20.2 Å². The van der Waals surface area contributed by atoms with Gasteiger partial charge in [-0.05, 0) is 6.04 Å². The van der Waals surface area contributed by atoms with E-state index in [9.17, 15) is 0 Å². The van der Waals surface area contributed by atoms with Gasteiger partial charge >= 0.3 is 0 Å². The Morgan fingerprint density at radius 1 is 1.83 bits per heavy atom. The SMILES string of the molecule is [CH2]CC[SiH2]O[SiH3]. The van der Waals surface area contributed by atoms with Crippen LogP contribution < -0.4 is 0 Å². The Balaban J connectivity index is 2.34. The Kier molecular flexibility index (Phi) is 5.75. The normalized spacial score (nSPS) is 11.5. The fourth-order valence-corrected chi connectivity index (χ4v) is 1.61. The van der Waals surface area contributed by atoms with E-state index in [4.69, 9.17) is 4.12 Å². The molecule has 0 N–H and O–H groups in total. The van der Waals surface area contributed by atoms with Crippen LogP contribution in [0.4, 0.5) is 0 Å². The molecule has 0 aliphatic heterocycles. The van der Waals surface area contributed by atoms with E-state index in [1.54, 1.807) is 0 Å². The van der Waals surface area contributed by atoms with Gasteiger partial charge in [-0.25, -0.2) is 0 Å². The van der Waals surface area contributed by atoms with Gasteiger partial charge in [-0.3, -0.25) is 0 Å². The van der Waals surface area contributed by atoms with E-state index in [0.717, 1.165) is 16.9 Å². The van der Waals surface area contributed by atoms with Gasteiger partial charge in [0.1, 0.15) is 20.2 Å². The average molecular weight is 119 g/mol. The molecule has 0 aromatic carbocycles. The first-order valence-corrected chi connectivity index (χ1v) is 4.59. The summed E-state index contributed by atoms with van der Waals surface area (Å²) >= 11 is 0. The zero-order chi connectivity index (χ0) is 4.83. The van der Waals surface area contributed by atoms with Crippen LogP contribution in [0.2, 0.25) is 6.04 Å². The standard InChI is InChI=1S/C3H11OSi2/c1-2-3-6-4-5/h1-3,6H2,5H3. The second-order valence-electron chi connectivity index (χ2n) is 1.20. The fourth-order valence-electron chi connectivity index (χ4n) is 0.246. The lowest BCUT2D eigenvalue weighted by Crippen LogP contribution is -1.90. The molecule has 0 unspecified atom stereocenters. The maximum absolute atomic E-state index is 5.02. The molecule has 0 atom stereocenters. The summed E-state index contributed by atoms with van der Waals surface area (Å²) in [5.74, 6) is 0. The summed E-state index contributed by atoms with van der Waals surface area (Å²) in [5, 5.41) is 0. The molecule has 0 amide bonds. The summed E-state index contributed by atoms with van der Waals surface area (Å²) in [6.07, 6.45) is 1.06. The van der Waals surface area contributed by atoms with E-state index in [1.165, 1.54) is 6.04 Å². The molecule has 37 valence electrons. The van der Waals surface area contributed by atoms with Crippen LogP contribution in [0, 0.1) is 6.92 Å². The van der Waals surface area contributed by atoms with E-state index in [2.05, 4.69) is 6.92 Å². The number of hydrogen-bond donors (Lipinski definition) is 0. The van der Waals surface area contributed by atoms with Crippen LogP contribution in [0.5, 0.6) is 0 Å². The highest BCUT2D eigenvalue weighted by atomic mass is 28.3. The van der Waals surface area contributed by atoms with Crippen molar-refractivity contribution in [2.45, 2.75) is 12.5 Å². The highest BCUT2D eigenvalue weighted by Crippen LogP contribution is 1.81. The third-order valence-electron chi connectivity index (χ3n) is 0.598. The third-order valence-corrected chi connectivity index (χ3v) is 3.02. The molecule has 0 aromatic heterocycles.